The third kappa shape index (κ3) is 2.93. The Balaban J connectivity index is 2.23. The summed E-state index contributed by atoms with van der Waals surface area (Å²) < 4.78 is 2.07. The van der Waals surface area contributed by atoms with E-state index in [9.17, 15) is 4.79 Å². The molecule has 2 rings (SSSR count). The van der Waals surface area contributed by atoms with E-state index in [1.54, 1.807) is 18.3 Å². The average molecular weight is 258 g/mol. The lowest BCUT2D eigenvalue weighted by Crippen LogP contribution is -2.12. The molecule has 1 aromatic heterocycles. The lowest BCUT2D eigenvalue weighted by molar-refractivity contribution is 0.100. The highest BCUT2D eigenvalue weighted by molar-refractivity contribution is 5.93. The monoisotopic (exact) mass is 258 g/mol. The number of anilines is 1. The van der Waals surface area contributed by atoms with E-state index in [1.165, 1.54) is 0 Å². The van der Waals surface area contributed by atoms with E-state index >= 15 is 0 Å². The van der Waals surface area contributed by atoms with Gasteiger partial charge in [-0.3, -0.25) is 4.79 Å². The van der Waals surface area contributed by atoms with Gasteiger partial charge in [-0.15, -0.1) is 0 Å². The topological polar surface area (TPSA) is 86.9 Å². The Morgan fingerprint density at radius 3 is 2.84 bits per heavy atom. The first kappa shape index (κ1) is 13.1. The fraction of sp³-hybridized carbons (Fsp3) is 0.286. The van der Waals surface area contributed by atoms with Crippen LogP contribution < -0.4 is 11.5 Å². The van der Waals surface area contributed by atoms with Crippen LogP contribution in [0.3, 0.4) is 0 Å². The maximum Gasteiger partial charge on any atom is 0.248 e. The summed E-state index contributed by atoms with van der Waals surface area (Å²) in [5, 5.41) is 0. The van der Waals surface area contributed by atoms with Gasteiger partial charge in [0.05, 0.1) is 6.54 Å². The molecule has 1 aromatic carbocycles. The molecular formula is C14H18N4O. The quantitative estimate of drug-likeness (QED) is 0.798. The summed E-state index contributed by atoms with van der Waals surface area (Å²) in [6, 6.07) is 5.16. The number of nitrogen functional groups attached to an aromatic ring is 1. The van der Waals surface area contributed by atoms with Crippen LogP contribution in [0.1, 0.15) is 35.1 Å². The maximum atomic E-state index is 11.1. The van der Waals surface area contributed by atoms with Crippen LogP contribution in [-0.2, 0) is 13.0 Å². The number of aryl methyl sites for hydroxylation is 1. The van der Waals surface area contributed by atoms with Crippen molar-refractivity contribution in [2.45, 2.75) is 26.3 Å². The minimum Gasteiger partial charge on any atom is -0.398 e. The third-order valence-corrected chi connectivity index (χ3v) is 3.05. The van der Waals surface area contributed by atoms with E-state index in [2.05, 4.69) is 16.5 Å². The van der Waals surface area contributed by atoms with Gasteiger partial charge in [-0.25, -0.2) is 4.98 Å². The number of hydrogen-bond donors (Lipinski definition) is 2. The second-order valence-corrected chi connectivity index (χ2v) is 4.50. The van der Waals surface area contributed by atoms with Gasteiger partial charge in [-0.05, 0) is 24.1 Å². The Morgan fingerprint density at radius 2 is 2.21 bits per heavy atom. The predicted octanol–water partition coefficient (Wildman–Crippen LogP) is 1.56. The van der Waals surface area contributed by atoms with Gasteiger partial charge in [-0.2, -0.15) is 0 Å². The van der Waals surface area contributed by atoms with Crippen LogP contribution in [0.25, 0.3) is 0 Å². The van der Waals surface area contributed by atoms with Gasteiger partial charge in [0, 0.05) is 30.1 Å². The van der Waals surface area contributed by atoms with E-state index in [0.29, 0.717) is 17.8 Å². The number of amides is 1. The van der Waals surface area contributed by atoms with Crippen LogP contribution >= 0.6 is 0 Å². The van der Waals surface area contributed by atoms with Gasteiger partial charge < -0.3 is 16.0 Å². The normalized spacial score (nSPS) is 10.6. The number of carbonyl (C=O) groups excluding carboxylic acids is 1. The van der Waals surface area contributed by atoms with Crippen LogP contribution in [0, 0.1) is 0 Å². The van der Waals surface area contributed by atoms with Crippen molar-refractivity contribution in [3.63, 3.8) is 0 Å². The summed E-state index contributed by atoms with van der Waals surface area (Å²) in [7, 11) is 0. The van der Waals surface area contributed by atoms with Gasteiger partial charge in [0.2, 0.25) is 5.91 Å². The Hall–Kier alpha value is -2.30. The fourth-order valence-electron chi connectivity index (χ4n) is 2.01. The number of carbonyl (C=O) groups is 1. The number of hydrogen-bond acceptors (Lipinski definition) is 3. The molecule has 0 aliphatic rings. The zero-order chi connectivity index (χ0) is 13.8. The van der Waals surface area contributed by atoms with Crippen LogP contribution in [-0.4, -0.2) is 15.5 Å². The number of nitrogens with two attached hydrogens (primary N) is 2. The number of imidazole rings is 1. The second-order valence-electron chi connectivity index (χ2n) is 4.50. The summed E-state index contributed by atoms with van der Waals surface area (Å²) in [6.07, 6.45) is 5.71. The SMILES string of the molecule is CCCc1nccn1Cc1ccc(C(N)=O)cc1N. The molecule has 5 heteroatoms. The molecule has 100 valence electrons. The highest BCUT2D eigenvalue weighted by Gasteiger charge is 2.07. The van der Waals surface area contributed by atoms with Crippen LogP contribution in [0.2, 0.25) is 0 Å². The highest BCUT2D eigenvalue weighted by atomic mass is 16.1. The third-order valence-electron chi connectivity index (χ3n) is 3.05. The van der Waals surface area contributed by atoms with E-state index in [1.807, 2.05) is 12.3 Å². The van der Waals surface area contributed by atoms with Crippen molar-refractivity contribution < 1.29 is 4.79 Å². The van der Waals surface area contributed by atoms with Gasteiger partial charge in [0.15, 0.2) is 0 Å². The molecule has 1 amide bonds. The minimum atomic E-state index is -0.465. The maximum absolute atomic E-state index is 11.1. The molecule has 1 heterocycles. The lowest BCUT2D eigenvalue weighted by Gasteiger charge is -2.10. The van der Waals surface area contributed by atoms with Crippen LogP contribution in [0.15, 0.2) is 30.6 Å². The molecule has 0 spiro atoms. The fourth-order valence-corrected chi connectivity index (χ4v) is 2.01. The number of rotatable bonds is 5. The summed E-state index contributed by atoms with van der Waals surface area (Å²) in [5.41, 5.74) is 13.1. The number of primary amides is 1. The Bertz CT molecular complexity index is 589. The zero-order valence-electron chi connectivity index (χ0n) is 11.0. The molecule has 0 aliphatic carbocycles. The highest BCUT2D eigenvalue weighted by Crippen LogP contribution is 2.16. The Kier molecular flexibility index (Phi) is 3.85. The molecular weight excluding hydrogens is 240 g/mol. The van der Waals surface area contributed by atoms with Gasteiger partial charge in [-0.1, -0.05) is 13.0 Å². The largest absolute Gasteiger partial charge is 0.398 e. The van der Waals surface area contributed by atoms with Crippen molar-refractivity contribution in [1.29, 1.82) is 0 Å². The average Bonchev–Trinajstić information content (AvgIpc) is 2.79. The molecule has 0 atom stereocenters. The van der Waals surface area contributed by atoms with Gasteiger partial charge >= 0.3 is 0 Å². The number of nitrogens with zero attached hydrogens (tertiary/aromatic N) is 2. The standard InChI is InChI=1S/C14H18N4O/c1-2-3-13-17-6-7-18(13)9-11-5-4-10(14(16)19)8-12(11)15/h4-8H,2-3,9,15H2,1H3,(H2,16,19). The Labute approximate surface area is 112 Å². The van der Waals surface area contributed by atoms with Crippen molar-refractivity contribution in [2.75, 3.05) is 5.73 Å². The first-order chi connectivity index (χ1) is 9.11. The first-order valence-electron chi connectivity index (χ1n) is 6.30. The van der Waals surface area contributed by atoms with Crippen molar-refractivity contribution in [3.8, 4) is 0 Å². The van der Waals surface area contributed by atoms with Crippen molar-refractivity contribution >= 4 is 11.6 Å². The minimum absolute atomic E-state index is 0.431. The first-order valence-corrected chi connectivity index (χ1v) is 6.30. The Morgan fingerprint density at radius 1 is 1.42 bits per heavy atom. The molecule has 2 aromatic rings. The molecule has 0 unspecified atom stereocenters. The van der Waals surface area contributed by atoms with E-state index in [4.69, 9.17) is 11.5 Å². The zero-order valence-corrected chi connectivity index (χ0v) is 11.0. The van der Waals surface area contributed by atoms with Crippen molar-refractivity contribution in [3.05, 3.63) is 47.5 Å². The number of benzene rings is 1. The summed E-state index contributed by atoms with van der Waals surface area (Å²) in [4.78, 5) is 15.4. The molecule has 0 saturated carbocycles. The predicted molar refractivity (Wildman–Crippen MR) is 74.7 cm³/mol. The van der Waals surface area contributed by atoms with Crippen molar-refractivity contribution in [2.24, 2.45) is 5.73 Å². The van der Waals surface area contributed by atoms with Gasteiger partial charge in [0.1, 0.15) is 5.82 Å². The lowest BCUT2D eigenvalue weighted by atomic mass is 10.1. The van der Waals surface area contributed by atoms with Gasteiger partial charge in [0.25, 0.3) is 0 Å². The van der Waals surface area contributed by atoms with E-state index in [0.717, 1.165) is 24.2 Å². The molecule has 0 fully saturated rings. The van der Waals surface area contributed by atoms with E-state index < -0.39 is 5.91 Å². The molecule has 0 bridgehead atoms. The summed E-state index contributed by atoms with van der Waals surface area (Å²) >= 11 is 0. The smallest absolute Gasteiger partial charge is 0.248 e. The molecule has 19 heavy (non-hydrogen) atoms. The molecule has 0 radical (unpaired) electrons. The number of aromatic nitrogens is 2. The molecule has 0 saturated heterocycles. The van der Waals surface area contributed by atoms with Crippen LogP contribution in [0.5, 0.6) is 0 Å². The van der Waals surface area contributed by atoms with Crippen LogP contribution in [0.4, 0.5) is 5.69 Å². The second kappa shape index (κ2) is 5.56. The molecule has 4 N–H and O–H groups in total. The summed E-state index contributed by atoms with van der Waals surface area (Å²) in [6.45, 7) is 2.77. The van der Waals surface area contributed by atoms with Crippen molar-refractivity contribution in [1.82, 2.24) is 9.55 Å². The summed E-state index contributed by atoms with van der Waals surface area (Å²) in [5.74, 6) is 0.577. The molecule has 0 aliphatic heterocycles. The molecule has 5 nitrogen and oxygen atoms in total. The van der Waals surface area contributed by atoms with E-state index in [-0.39, 0.29) is 0 Å².